The molecule has 0 aliphatic carbocycles. The van der Waals surface area contributed by atoms with Crippen LogP contribution in [-0.4, -0.2) is 22.4 Å². The number of aromatic nitrogens is 2. The molecule has 0 radical (unpaired) electrons. The summed E-state index contributed by atoms with van der Waals surface area (Å²) in [7, 11) is 0. The molecule has 100 valence electrons. The molecule has 0 bridgehead atoms. The Hall–Kier alpha value is -2.30. The minimum atomic E-state index is -0.173. The van der Waals surface area contributed by atoms with Crippen LogP contribution < -0.4 is 10.6 Å². The van der Waals surface area contributed by atoms with E-state index in [0.29, 0.717) is 11.5 Å². The lowest BCUT2D eigenvalue weighted by atomic mass is 10.1. The number of nitrogens with one attached hydrogen (secondary N) is 3. The Morgan fingerprint density at radius 1 is 1.42 bits per heavy atom. The minimum absolute atomic E-state index is 0.173. The number of rotatable bonds is 5. The van der Waals surface area contributed by atoms with Crippen LogP contribution in [0.3, 0.4) is 0 Å². The molecule has 1 aromatic carbocycles. The van der Waals surface area contributed by atoms with Gasteiger partial charge in [0, 0.05) is 24.6 Å². The molecule has 0 unspecified atom stereocenters. The Labute approximate surface area is 112 Å². The van der Waals surface area contributed by atoms with Crippen molar-refractivity contribution in [2.45, 2.75) is 20.3 Å². The normalized spacial score (nSPS) is 10.2. The number of carbonyl (C=O) groups excluding carboxylic acids is 1. The molecule has 1 heterocycles. The van der Waals surface area contributed by atoms with Gasteiger partial charge in [0.05, 0.1) is 5.56 Å². The summed E-state index contributed by atoms with van der Waals surface area (Å²) in [6.07, 6.45) is 4.27. The lowest BCUT2D eigenvalue weighted by Crippen LogP contribution is -2.16. The average molecular weight is 258 g/mol. The Morgan fingerprint density at radius 3 is 2.95 bits per heavy atom. The molecular formula is C14H18N4O. The van der Waals surface area contributed by atoms with E-state index in [2.05, 4.69) is 27.5 Å². The molecule has 0 spiro atoms. The van der Waals surface area contributed by atoms with Gasteiger partial charge in [0.15, 0.2) is 0 Å². The predicted molar refractivity (Wildman–Crippen MR) is 76.5 cm³/mol. The molecule has 5 heteroatoms. The van der Waals surface area contributed by atoms with E-state index in [1.165, 1.54) is 0 Å². The number of nitrogens with zero attached hydrogens (tertiary/aromatic N) is 1. The largest absolute Gasteiger partial charge is 0.384 e. The molecule has 2 rings (SSSR count). The maximum Gasteiger partial charge on any atom is 0.260 e. The molecule has 1 aromatic heterocycles. The van der Waals surface area contributed by atoms with Gasteiger partial charge in [-0.15, -0.1) is 0 Å². The van der Waals surface area contributed by atoms with E-state index in [1.807, 2.05) is 25.1 Å². The number of imidazole rings is 1. The highest BCUT2D eigenvalue weighted by Gasteiger charge is 2.12. The van der Waals surface area contributed by atoms with Crippen molar-refractivity contribution in [1.29, 1.82) is 0 Å². The summed E-state index contributed by atoms with van der Waals surface area (Å²) in [4.78, 5) is 19.0. The second kappa shape index (κ2) is 6.04. The zero-order valence-electron chi connectivity index (χ0n) is 11.2. The number of carbonyl (C=O) groups is 1. The fourth-order valence-corrected chi connectivity index (χ4v) is 1.77. The Kier molecular flexibility index (Phi) is 4.18. The van der Waals surface area contributed by atoms with Crippen LogP contribution in [-0.2, 0) is 0 Å². The zero-order chi connectivity index (χ0) is 13.7. The molecule has 1 amide bonds. The van der Waals surface area contributed by atoms with Gasteiger partial charge in [0.25, 0.3) is 5.91 Å². The van der Waals surface area contributed by atoms with Crippen molar-refractivity contribution in [3.05, 3.63) is 41.7 Å². The molecular weight excluding hydrogens is 240 g/mol. The van der Waals surface area contributed by atoms with Gasteiger partial charge >= 0.3 is 0 Å². The van der Waals surface area contributed by atoms with Crippen molar-refractivity contribution in [2.75, 3.05) is 17.2 Å². The third kappa shape index (κ3) is 3.34. The smallest absolute Gasteiger partial charge is 0.260 e. The second-order valence-electron chi connectivity index (χ2n) is 4.37. The Morgan fingerprint density at radius 2 is 2.26 bits per heavy atom. The van der Waals surface area contributed by atoms with E-state index < -0.39 is 0 Å². The number of H-pyrrole nitrogens is 1. The summed E-state index contributed by atoms with van der Waals surface area (Å²) in [5.41, 5.74) is 2.59. The SMILES string of the molecule is CCCNc1cc(C)ccc1C(=O)Nc1ncc[nH]1. The molecule has 0 fully saturated rings. The average Bonchev–Trinajstić information content (AvgIpc) is 2.89. The lowest BCUT2D eigenvalue weighted by molar-refractivity contribution is 0.102. The highest BCUT2D eigenvalue weighted by atomic mass is 16.1. The summed E-state index contributed by atoms with van der Waals surface area (Å²) in [6.45, 7) is 4.93. The van der Waals surface area contributed by atoms with Crippen LogP contribution in [0, 0.1) is 6.92 Å². The first kappa shape index (κ1) is 13.1. The highest BCUT2D eigenvalue weighted by Crippen LogP contribution is 2.18. The number of benzene rings is 1. The van der Waals surface area contributed by atoms with Crippen molar-refractivity contribution in [3.63, 3.8) is 0 Å². The third-order valence-electron chi connectivity index (χ3n) is 2.72. The van der Waals surface area contributed by atoms with E-state index in [0.717, 1.165) is 24.2 Å². The number of aromatic amines is 1. The van der Waals surface area contributed by atoms with Crippen LogP contribution in [0.25, 0.3) is 0 Å². The highest BCUT2D eigenvalue weighted by molar-refractivity contribution is 6.07. The van der Waals surface area contributed by atoms with Gasteiger partial charge < -0.3 is 10.3 Å². The van der Waals surface area contributed by atoms with Crippen LogP contribution >= 0.6 is 0 Å². The second-order valence-corrected chi connectivity index (χ2v) is 4.37. The first-order valence-corrected chi connectivity index (χ1v) is 6.36. The number of hydrogen-bond acceptors (Lipinski definition) is 3. The first-order valence-electron chi connectivity index (χ1n) is 6.36. The monoisotopic (exact) mass is 258 g/mol. The molecule has 5 nitrogen and oxygen atoms in total. The molecule has 2 aromatic rings. The van der Waals surface area contributed by atoms with Crippen LogP contribution in [0.5, 0.6) is 0 Å². The van der Waals surface area contributed by atoms with Crippen molar-refractivity contribution >= 4 is 17.5 Å². The van der Waals surface area contributed by atoms with Crippen LogP contribution in [0.4, 0.5) is 11.6 Å². The molecule has 0 aliphatic heterocycles. The minimum Gasteiger partial charge on any atom is -0.384 e. The van der Waals surface area contributed by atoms with Crippen molar-refractivity contribution in [2.24, 2.45) is 0 Å². The standard InChI is InChI=1S/C14H18N4O/c1-3-6-15-12-9-10(2)4-5-11(12)13(19)18-14-16-7-8-17-14/h4-5,7-9,15H,3,6H2,1-2H3,(H2,16,17,18,19). The number of aryl methyl sites for hydroxylation is 1. The van der Waals surface area contributed by atoms with Crippen LogP contribution in [0.1, 0.15) is 29.3 Å². The fourth-order valence-electron chi connectivity index (χ4n) is 1.77. The van der Waals surface area contributed by atoms with Gasteiger partial charge in [-0.3, -0.25) is 10.1 Å². The maximum absolute atomic E-state index is 12.2. The van der Waals surface area contributed by atoms with Gasteiger partial charge in [-0.1, -0.05) is 13.0 Å². The van der Waals surface area contributed by atoms with Crippen molar-refractivity contribution < 1.29 is 4.79 Å². The Bertz CT molecular complexity index is 549. The van der Waals surface area contributed by atoms with Gasteiger partial charge in [0.1, 0.15) is 0 Å². The van der Waals surface area contributed by atoms with Crippen molar-refractivity contribution in [3.8, 4) is 0 Å². The molecule has 0 saturated carbocycles. The maximum atomic E-state index is 12.2. The van der Waals surface area contributed by atoms with Gasteiger partial charge in [-0.2, -0.15) is 0 Å². The first-order chi connectivity index (χ1) is 9.20. The summed E-state index contributed by atoms with van der Waals surface area (Å²) in [5.74, 6) is 0.278. The zero-order valence-corrected chi connectivity index (χ0v) is 11.2. The molecule has 19 heavy (non-hydrogen) atoms. The van der Waals surface area contributed by atoms with Crippen LogP contribution in [0.2, 0.25) is 0 Å². The number of amides is 1. The van der Waals surface area contributed by atoms with E-state index in [1.54, 1.807) is 12.4 Å². The van der Waals surface area contributed by atoms with Gasteiger partial charge in [-0.05, 0) is 31.0 Å². The van der Waals surface area contributed by atoms with Gasteiger partial charge in [-0.25, -0.2) is 4.98 Å². The summed E-state index contributed by atoms with van der Waals surface area (Å²) in [5, 5.41) is 6.00. The van der Waals surface area contributed by atoms with Crippen LogP contribution in [0.15, 0.2) is 30.6 Å². The van der Waals surface area contributed by atoms with E-state index in [4.69, 9.17) is 0 Å². The lowest BCUT2D eigenvalue weighted by Gasteiger charge is -2.11. The van der Waals surface area contributed by atoms with E-state index in [9.17, 15) is 4.79 Å². The fraction of sp³-hybridized carbons (Fsp3) is 0.286. The van der Waals surface area contributed by atoms with E-state index >= 15 is 0 Å². The summed E-state index contributed by atoms with van der Waals surface area (Å²) >= 11 is 0. The topological polar surface area (TPSA) is 69.8 Å². The predicted octanol–water partition coefficient (Wildman–Crippen LogP) is 2.79. The molecule has 3 N–H and O–H groups in total. The number of anilines is 2. The van der Waals surface area contributed by atoms with Gasteiger partial charge in [0.2, 0.25) is 5.95 Å². The van der Waals surface area contributed by atoms with Crippen molar-refractivity contribution in [1.82, 2.24) is 9.97 Å². The molecule has 0 saturated heterocycles. The quantitative estimate of drug-likeness (QED) is 0.772. The summed E-state index contributed by atoms with van der Waals surface area (Å²) in [6, 6.07) is 5.73. The molecule has 0 aliphatic rings. The van der Waals surface area contributed by atoms with E-state index in [-0.39, 0.29) is 5.91 Å². The molecule has 0 atom stereocenters. The Balaban J connectivity index is 2.20. The number of hydrogen-bond donors (Lipinski definition) is 3. The third-order valence-corrected chi connectivity index (χ3v) is 2.72. The summed E-state index contributed by atoms with van der Waals surface area (Å²) < 4.78 is 0.